The molecule has 2 aromatic carbocycles. The first kappa shape index (κ1) is 12.0. The number of ether oxygens (including phenoxy) is 1. The number of phenolic OH excluding ortho intramolecular Hbond substituents is 2. The van der Waals surface area contributed by atoms with Crippen molar-refractivity contribution in [3.63, 3.8) is 0 Å². The van der Waals surface area contributed by atoms with Crippen LogP contribution in [0.3, 0.4) is 0 Å². The maximum Gasteiger partial charge on any atom is 0.161 e. The molecule has 3 aromatic rings. The van der Waals surface area contributed by atoms with Crippen LogP contribution in [0.15, 0.2) is 36.4 Å². The SMILES string of the molecule is COc1cc2c(cc1O)Cc1cc3cc(O)ccc3nc1-2. The Labute approximate surface area is 121 Å². The van der Waals surface area contributed by atoms with Crippen molar-refractivity contribution in [3.8, 4) is 28.5 Å². The number of aromatic hydroxyl groups is 2. The quantitative estimate of drug-likeness (QED) is 0.561. The highest BCUT2D eigenvalue weighted by atomic mass is 16.5. The summed E-state index contributed by atoms with van der Waals surface area (Å²) in [6.45, 7) is 0. The molecule has 4 heteroatoms. The summed E-state index contributed by atoms with van der Waals surface area (Å²) in [5, 5.41) is 20.4. The number of hydrogen-bond acceptors (Lipinski definition) is 4. The normalized spacial score (nSPS) is 12.2. The van der Waals surface area contributed by atoms with Gasteiger partial charge in [0.1, 0.15) is 5.75 Å². The summed E-state index contributed by atoms with van der Waals surface area (Å²) in [7, 11) is 1.54. The molecule has 1 aromatic heterocycles. The van der Waals surface area contributed by atoms with Gasteiger partial charge < -0.3 is 14.9 Å². The molecule has 0 spiro atoms. The number of pyridine rings is 1. The Bertz CT molecular complexity index is 887. The lowest BCUT2D eigenvalue weighted by molar-refractivity contribution is 0.373. The zero-order valence-corrected chi connectivity index (χ0v) is 11.4. The maximum atomic E-state index is 9.90. The van der Waals surface area contributed by atoms with Crippen LogP contribution in [0.1, 0.15) is 11.1 Å². The van der Waals surface area contributed by atoms with E-state index in [1.54, 1.807) is 24.3 Å². The minimum Gasteiger partial charge on any atom is -0.508 e. The van der Waals surface area contributed by atoms with Gasteiger partial charge in [0.2, 0.25) is 0 Å². The van der Waals surface area contributed by atoms with Gasteiger partial charge in [0.25, 0.3) is 0 Å². The monoisotopic (exact) mass is 279 g/mol. The predicted molar refractivity (Wildman–Crippen MR) is 79.9 cm³/mol. The van der Waals surface area contributed by atoms with Gasteiger partial charge >= 0.3 is 0 Å². The van der Waals surface area contributed by atoms with Gasteiger partial charge in [0.15, 0.2) is 11.5 Å². The zero-order valence-electron chi connectivity index (χ0n) is 11.4. The van der Waals surface area contributed by atoms with Crippen molar-refractivity contribution in [2.24, 2.45) is 0 Å². The number of fused-ring (bicyclic) bond motifs is 4. The Morgan fingerprint density at radius 1 is 1.05 bits per heavy atom. The predicted octanol–water partition coefficient (Wildman–Crippen LogP) is 3.23. The molecule has 0 atom stereocenters. The smallest absolute Gasteiger partial charge is 0.161 e. The zero-order chi connectivity index (χ0) is 14.6. The lowest BCUT2D eigenvalue weighted by Gasteiger charge is -2.07. The molecule has 104 valence electrons. The van der Waals surface area contributed by atoms with E-state index in [9.17, 15) is 10.2 Å². The van der Waals surface area contributed by atoms with Gasteiger partial charge in [-0.1, -0.05) is 0 Å². The lowest BCUT2D eigenvalue weighted by atomic mass is 10.1. The molecule has 0 saturated heterocycles. The molecule has 1 aliphatic carbocycles. The summed E-state index contributed by atoms with van der Waals surface area (Å²) in [5.74, 6) is 0.833. The Kier molecular flexibility index (Phi) is 2.36. The summed E-state index contributed by atoms with van der Waals surface area (Å²) in [4.78, 5) is 4.69. The van der Waals surface area contributed by atoms with E-state index in [4.69, 9.17) is 9.72 Å². The van der Waals surface area contributed by atoms with Crippen LogP contribution >= 0.6 is 0 Å². The number of benzene rings is 2. The standard InChI is InChI=1S/C17H13NO3/c1-21-16-8-13-9(7-15(16)20)4-11-5-10-6-12(19)2-3-14(10)18-17(11)13/h2-3,5-8,19-20H,4H2,1H3. The summed E-state index contributed by atoms with van der Waals surface area (Å²) < 4.78 is 5.18. The van der Waals surface area contributed by atoms with Gasteiger partial charge in [-0.15, -0.1) is 0 Å². The third-order valence-corrected chi connectivity index (χ3v) is 3.92. The van der Waals surface area contributed by atoms with Crippen LogP contribution in [0.4, 0.5) is 0 Å². The average Bonchev–Trinajstić information content (AvgIpc) is 2.80. The highest BCUT2D eigenvalue weighted by Gasteiger charge is 2.23. The van der Waals surface area contributed by atoms with Crippen molar-refractivity contribution in [2.45, 2.75) is 6.42 Å². The number of rotatable bonds is 1. The summed E-state index contributed by atoms with van der Waals surface area (Å²) in [6.07, 6.45) is 0.723. The van der Waals surface area contributed by atoms with Crippen molar-refractivity contribution >= 4 is 10.9 Å². The molecule has 0 fully saturated rings. The fraction of sp³-hybridized carbons (Fsp3) is 0.118. The van der Waals surface area contributed by atoms with Gasteiger partial charge in [0.05, 0.1) is 18.3 Å². The van der Waals surface area contributed by atoms with E-state index >= 15 is 0 Å². The summed E-state index contributed by atoms with van der Waals surface area (Å²) in [6, 6.07) is 10.8. The van der Waals surface area contributed by atoms with E-state index in [0.717, 1.165) is 39.7 Å². The Morgan fingerprint density at radius 3 is 2.71 bits per heavy atom. The average molecular weight is 279 g/mol. The second-order valence-electron chi connectivity index (χ2n) is 5.23. The fourth-order valence-corrected chi connectivity index (χ4v) is 2.92. The molecular formula is C17H13NO3. The first-order chi connectivity index (χ1) is 10.2. The largest absolute Gasteiger partial charge is 0.508 e. The summed E-state index contributed by atoms with van der Waals surface area (Å²) >= 11 is 0. The fourth-order valence-electron chi connectivity index (χ4n) is 2.92. The van der Waals surface area contributed by atoms with Crippen LogP contribution in [0, 0.1) is 0 Å². The highest BCUT2D eigenvalue weighted by Crippen LogP contribution is 2.42. The molecule has 0 bridgehead atoms. The van der Waals surface area contributed by atoms with Crippen LogP contribution in [0.5, 0.6) is 17.2 Å². The van der Waals surface area contributed by atoms with Gasteiger partial charge in [-0.05, 0) is 47.5 Å². The molecular weight excluding hydrogens is 266 g/mol. The van der Waals surface area contributed by atoms with E-state index in [-0.39, 0.29) is 11.5 Å². The molecule has 0 unspecified atom stereocenters. The molecule has 4 rings (SSSR count). The molecule has 0 amide bonds. The molecule has 4 nitrogen and oxygen atoms in total. The van der Waals surface area contributed by atoms with Crippen LogP contribution < -0.4 is 4.74 Å². The molecule has 0 aliphatic heterocycles. The first-order valence-corrected chi connectivity index (χ1v) is 6.68. The van der Waals surface area contributed by atoms with Gasteiger partial charge in [-0.25, -0.2) is 4.98 Å². The van der Waals surface area contributed by atoms with Gasteiger partial charge in [-0.2, -0.15) is 0 Å². The van der Waals surface area contributed by atoms with Crippen molar-refractivity contribution in [2.75, 3.05) is 7.11 Å². The van der Waals surface area contributed by atoms with Crippen LogP contribution in [-0.2, 0) is 6.42 Å². The van der Waals surface area contributed by atoms with Crippen molar-refractivity contribution < 1.29 is 14.9 Å². The van der Waals surface area contributed by atoms with E-state index < -0.39 is 0 Å². The number of phenols is 2. The Morgan fingerprint density at radius 2 is 1.90 bits per heavy atom. The topological polar surface area (TPSA) is 62.6 Å². The van der Waals surface area contributed by atoms with Crippen molar-refractivity contribution in [1.82, 2.24) is 4.98 Å². The van der Waals surface area contributed by atoms with E-state index in [1.807, 2.05) is 12.1 Å². The number of aromatic nitrogens is 1. The molecule has 2 N–H and O–H groups in total. The van der Waals surface area contributed by atoms with E-state index in [1.165, 1.54) is 7.11 Å². The number of methoxy groups -OCH3 is 1. The van der Waals surface area contributed by atoms with Gasteiger partial charge in [0, 0.05) is 17.4 Å². The number of nitrogens with zero attached hydrogens (tertiary/aromatic N) is 1. The molecule has 0 radical (unpaired) electrons. The van der Waals surface area contributed by atoms with Crippen LogP contribution in [0.2, 0.25) is 0 Å². The van der Waals surface area contributed by atoms with Crippen molar-refractivity contribution in [3.05, 3.63) is 47.5 Å². The summed E-state index contributed by atoms with van der Waals surface area (Å²) in [5.41, 5.74) is 4.88. The minimum absolute atomic E-state index is 0.145. The van der Waals surface area contributed by atoms with Crippen molar-refractivity contribution in [1.29, 1.82) is 0 Å². The molecule has 1 aliphatic rings. The second-order valence-corrected chi connectivity index (χ2v) is 5.23. The first-order valence-electron chi connectivity index (χ1n) is 6.68. The van der Waals surface area contributed by atoms with E-state index in [2.05, 4.69) is 0 Å². The Hall–Kier alpha value is -2.75. The third kappa shape index (κ3) is 1.72. The van der Waals surface area contributed by atoms with Crippen LogP contribution in [0.25, 0.3) is 22.2 Å². The number of hydrogen-bond donors (Lipinski definition) is 2. The minimum atomic E-state index is 0.145. The highest BCUT2D eigenvalue weighted by molar-refractivity contribution is 5.87. The van der Waals surface area contributed by atoms with Gasteiger partial charge in [-0.3, -0.25) is 0 Å². The molecule has 21 heavy (non-hydrogen) atoms. The Balaban J connectivity index is 1.97. The van der Waals surface area contributed by atoms with E-state index in [0.29, 0.717) is 5.75 Å². The second kappa shape index (κ2) is 4.12. The van der Waals surface area contributed by atoms with Crippen LogP contribution in [-0.4, -0.2) is 22.3 Å². The maximum absolute atomic E-state index is 9.90. The third-order valence-electron chi connectivity index (χ3n) is 3.92. The molecule has 1 heterocycles. The molecule has 0 saturated carbocycles. The lowest BCUT2D eigenvalue weighted by Crippen LogP contribution is -1.88.